The van der Waals surface area contributed by atoms with Crippen LogP contribution in [0.4, 0.5) is 0 Å². The van der Waals surface area contributed by atoms with Gasteiger partial charge in [-0.1, -0.05) is 23.7 Å². The van der Waals surface area contributed by atoms with Gasteiger partial charge >= 0.3 is 5.97 Å². The zero-order chi connectivity index (χ0) is 11.8. The predicted molar refractivity (Wildman–Crippen MR) is 59.5 cm³/mol. The molecule has 0 bridgehead atoms. The summed E-state index contributed by atoms with van der Waals surface area (Å²) in [6.07, 6.45) is 1.09. The number of methoxy groups -OCH3 is 1. The van der Waals surface area contributed by atoms with Crippen molar-refractivity contribution < 1.29 is 14.3 Å². The molecule has 0 aromatic heterocycles. The molecule has 1 saturated carbocycles. The van der Waals surface area contributed by atoms with Gasteiger partial charge in [-0.15, -0.1) is 0 Å². The highest BCUT2D eigenvalue weighted by Crippen LogP contribution is 2.49. The molecule has 1 aliphatic carbocycles. The van der Waals surface area contributed by atoms with Crippen LogP contribution < -0.4 is 0 Å². The first-order valence-corrected chi connectivity index (χ1v) is 5.37. The Morgan fingerprint density at radius 3 is 2.44 bits per heavy atom. The Morgan fingerprint density at radius 2 is 1.94 bits per heavy atom. The van der Waals surface area contributed by atoms with Gasteiger partial charge < -0.3 is 4.74 Å². The zero-order valence-electron chi connectivity index (χ0n) is 8.83. The maximum atomic E-state index is 12.2. The molecule has 1 aromatic rings. The molecule has 1 fully saturated rings. The third-order valence-corrected chi connectivity index (χ3v) is 3.21. The molecule has 0 saturated heterocycles. The summed E-state index contributed by atoms with van der Waals surface area (Å²) < 4.78 is 4.66. The lowest BCUT2D eigenvalue weighted by Gasteiger charge is -2.12. The van der Waals surface area contributed by atoms with Crippen molar-refractivity contribution in [1.29, 1.82) is 0 Å². The van der Waals surface area contributed by atoms with Gasteiger partial charge in [-0.3, -0.25) is 9.59 Å². The molecular formula is C12H11ClO3. The molecule has 0 heterocycles. The molecule has 16 heavy (non-hydrogen) atoms. The maximum Gasteiger partial charge on any atom is 0.319 e. The Balaban J connectivity index is 2.34. The highest BCUT2D eigenvalue weighted by atomic mass is 35.5. The summed E-state index contributed by atoms with van der Waals surface area (Å²) in [5.41, 5.74) is -0.577. The molecule has 0 atom stereocenters. The second-order valence-corrected chi connectivity index (χ2v) is 4.29. The SMILES string of the molecule is COC(=O)C1(C(=O)c2ccccc2Cl)CC1. The smallest absolute Gasteiger partial charge is 0.319 e. The first-order chi connectivity index (χ1) is 7.62. The minimum atomic E-state index is -0.972. The van der Waals surface area contributed by atoms with E-state index in [-0.39, 0.29) is 5.78 Å². The number of Topliss-reactive ketones (excluding diaryl/α,β-unsaturated/α-hetero) is 1. The summed E-state index contributed by atoms with van der Waals surface area (Å²) in [6.45, 7) is 0. The van der Waals surface area contributed by atoms with Crippen molar-refractivity contribution in [2.45, 2.75) is 12.8 Å². The van der Waals surface area contributed by atoms with E-state index in [1.54, 1.807) is 24.3 Å². The predicted octanol–water partition coefficient (Wildman–Crippen LogP) is 2.48. The van der Waals surface area contributed by atoms with Gasteiger partial charge in [-0.25, -0.2) is 0 Å². The molecule has 0 aliphatic heterocycles. The molecule has 1 aliphatic rings. The molecule has 0 unspecified atom stereocenters. The number of benzene rings is 1. The summed E-state index contributed by atoms with van der Waals surface area (Å²) in [5, 5.41) is 0.377. The number of carbonyl (C=O) groups excluding carboxylic acids is 2. The third-order valence-electron chi connectivity index (χ3n) is 2.88. The summed E-state index contributed by atoms with van der Waals surface area (Å²) >= 11 is 5.93. The molecule has 4 heteroatoms. The van der Waals surface area contributed by atoms with Gasteiger partial charge in [0.25, 0.3) is 0 Å². The second kappa shape index (κ2) is 3.91. The standard InChI is InChI=1S/C12H11ClO3/c1-16-11(15)12(6-7-12)10(14)8-4-2-3-5-9(8)13/h2-5H,6-7H2,1H3. The van der Waals surface area contributed by atoms with E-state index in [2.05, 4.69) is 4.74 Å². The van der Waals surface area contributed by atoms with Crippen molar-refractivity contribution in [3.05, 3.63) is 34.9 Å². The fourth-order valence-corrected chi connectivity index (χ4v) is 1.97. The topological polar surface area (TPSA) is 43.4 Å². The summed E-state index contributed by atoms with van der Waals surface area (Å²) in [7, 11) is 1.29. The van der Waals surface area contributed by atoms with Gasteiger partial charge in [0.1, 0.15) is 5.41 Å². The van der Waals surface area contributed by atoms with Crippen molar-refractivity contribution in [3.63, 3.8) is 0 Å². The molecule has 84 valence electrons. The van der Waals surface area contributed by atoms with Crippen molar-refractivity contribution in [2.24, 2.45) is 5.41 Å². The molecule has 0 spiro atoms. The molecular weight excluding hydrogens is 228 g/mol. The number of rotatable bonds is 3. The third kappa shape index (κ3) is 1.61. The Bertz CT molecular complexity index is 449. The van der Waals surface area contributed by atoms with E-state index in [0.717, 1.165) is 0 Å². The lowest BCUT2D eigenvalue weighted by atomic mass is 9.95. The minimum absolute atomic E-state index is 0.232. The van der Waals surface area contributed by atoms with E-state index >= 15 is 0 Å². The molecule has 0 N–H and O–H groups in total. The van der Waals surface area contributed by atoms with Crippen molar-refractivity contribution in [3.8, 4) is 0 Å². The van der Waals surface area contributed by atoms with E-state index in [1.165, 1.54) is 7.11 Å². The summed E-state index contributed by atoms with van der Waals surface area (Å²) in [6, 6.07) is 6.75. The second-order valence-electron chi connectivity index (χ2n) is 3.88. The number of halogens is 1. The number of carbonyl (C=O) groups is 2. The summed E-state index contributed by atoms with van der Waals surface area (Å²) in [5.74, 6) is -0.692. The average Bonchev–Trinajstić information content (AvgIpc) is 3.09. The van der Waals surface area contributed by atoms with Crippen LogP contribution in [0, 0.1) is 5.41 Å². The Labute approximate surface area is 98.4 Å². The number of ether oxygens (including phenoxy) is 1. The van der Waals surface area contributed by atoms with Crippen LogP contribution in [0.1, 0.15) is 23.2 Å². The first kappa shape index (κ1) is 11.1. The van der Waals surface area contributed by atoms with Crippen molar-refractivity contribution >= 4 is 23.4 Å². The van der Waals surface area contributed by atoms with Gasteiger partial charge in [0.2, 0.25) is 0 Å². The number of hydrogen-bond acceptors (Lipinski definition) is 3. The largest absolute Gasteiger partial charge is 0.468 e. The van der Waals surface area contributed by atoms with E-state index < -0.39 is 11.4 Å². The fourth-order valence-electron chi connectivity index (χ4n) is 1.75. The monoisotopic (exact) mass is 238 g/mol. The van der Waals surface area contributed by atoms with Crippen LogP contribution in [0.2, 0.25) is 5.02 Å². The van der Waals surface area contributed by atoms with Crippen LogP contribution in [0.5, 0.6) is 0 Å². The Kier molecular flexibility index (Phi) is 2.72. The van der Waals surface area contributed by atoms with E-state index in [9.17, 15) is 9.59 Å². The van der Waals surface area contributed by atoms with Crippen LogP contribution >= 0.6 is 11.6 Å². The maximum absolute atomic E-state index is 12.2. The molecule has 0 radical (unpaired) electrons. The highest BCUT2D eigenvalue weighted by Gasteiger charge is 2.57. The number of ketones is 1. The zero-order valence-corrected chi connectivity index (χ0v) is 9.58. The average molecular weight is 239 g/mol. The molecule has 2 rings (SSSR count). The van der Waals surface area contributed by atoms with Crippen LogP contribution in [0.3, 0.4) is 0 Å². The summed E-state index contributed by atoms with van der Waals surface area (Å²) in [4.78, 5) is 23.7. The quantitative estimate of drug-likeness (QED) is 0.462. The Hall–Kier alpha value is -1.35. The minimum Gasteiger partial charge on any atom is -0.468 e. The molecule has 0 amide bonds. The number of esters is 1. The highest BCUT2D eigenvalue weighted by molar-refractivity contribution is 6.35. The molecule has 3 nitrogen and oxygen atoms in total. The van der Waals surface area contributed by atoms with E-state index in [0.29, 0.717) is 23.4 Å². The lowest BCUT2D eigenvalue weighted by molar-refractivity contribution is -0.145. The lowest BCUT2D eigenvalue weighted by Crippen LogP contribution is -2.27. The normalized spacial score (nSPS) is 16.6. The fraction of sp³-hybridized carbons (Fsp3) is 0.333. The van der Waals surface area contributed by atoms with E-state index in [1.807, 2.05) is 0 Å². The van der Waals surface area contributed by atoms with E-state index in [4.69, 9.17) is 11.6 Å². The van der Waals surface area contributed by atoms with Crippen LogP contribution in [-0.4, -0.2) is 18.9 Å². The van der Waals surface area contributed by atoms with Gasteiger partial charge in [0, 0.05) is 5.56 Å². The van der Waals surface area contributed by atoms with Gasteiger partial charge in [0.15, 0.2) is 5.78 Å². The van der Waals surface area contributed by atoms with Crippen molar-refractivity contribution in [2.75, 3.05) is 7.11 Å². The van der Waals surface area contributed by atoms with Gasteiger partial charge in [-0.05, 0) is 25.0 Å². The first-order valence-electron chi connectivity index (χ1n) is 4.99. The molecule has 1 aromatic carbocycles. The Morgan fingerprint density at radius 1 is 1.31 bits per heavy atom. The van der Waals surface area contributed by atoms with Gasteiger partial charge in [0.05, 0.1) is 12.1 Å². The number of hydrogen-bond donors (Lipinski definition) is 0. The van der Waals surface area contributed by atoms with Crippen LogP contribution in [0.15, 0.2) is 24.3 Å². The van der Waals surface area contributed by atoms with Crippen molar-refractivity contribution in [1.82, 2.24) is 0 Å². The van der Waals surface area contributed by atoms with Crippen LogP contribution in [0.25, 0.3) is 0 Å². The van der Waals surface area contributed by atoms with Gasteiger partial charge in [-0.2, -0.15) is 0 Å². The van der Waals surface area contributed by atoms with Crippen LogP contribution in [-0.2, 0) is 9.53 Å².